The van der Waals surface area contributed by atoms with Gasteiger partial charge < -0.3 is 10.1 Å². The van der Waals surface area contributed by atoms with Crippen LogP contribution in [0.25, 0.3) is 11.1 Å². The van der Waals surface area contributed by atoms with Crippen LogP contribution < -0.4 is 10.1 Å². The second-order valence-electron chi connectivity index (χ2n) is 6.41. The minimum absolute atomic E-state index is 0.0217. The number of hydrogen-bond donors (Lipinski definition) is 1. The first kappa shape index (κ1) is 17.0. The van der Waals surface area contributed by atoms with Gasteiger partial charge in [0, 0.05) is 23.2 Å². The highest BCUT2D eigenvalue weighted by Gasteiger charge is 2.26. The fourth-order valence-electron chi connectivity index (χ4n) is 3.25. The molecule has 0 saturated heterocycles. The van der Waals surface area contributed by atoms with Crippen molar-refractivity contribution in [3.63, 3.8) is 0 Å². The minimum atomic E-state index is -0.179. The molecule has 0 fully saturated rings. The van der Waals surface area contributed by atoms with Crippen molar-refractivity contribution in [1.29, 1.82) is 0 Å². The van der Waals surface area contributed by atoms with Crippen molar-refractivity contribution in [1.82, 2.24) is 5.32 Å². The van der Waals surface area contributed by atoms with Crippen LogP contribution in [-0.4, -0.2) is 24.8 Å². The zero-order chi connectivity index (χ0) is 18.6. The average Bonchev–Trinajstić information content (AvgIpc) is 3.00. The van der Waals surface area contributed by atoms with Gasteiger partial charge in [0.15, 0.2) is 5.78 Å². The number of hydrogen-bond acceptors (Lipinski definition) is 3. The SMILES string of the molecule is O=C(NCCCOc1ccccc1)c1ccc2c(c1)C(=O)c1ccccc1-2. The number of amides is 1. The summed E-state index contributed by atoms with van der Waals surface area (Å²) in [5.74, 6) is 0.619. The van der Waals surface area contributed by atoms with Gasteiger partial charge in [0.25, 0.3) is 5.91 Å². The summed E-state index contributed by atoms with van der Waals surface area (Å²) in [5, 5.41) is 2.88. The predicted octanol–water partition coefficient (Wildman–Crippen LogP) is 4.10. The Balaban J connectivity index is 1.34. The third-order valence-electron chi connectivity index (χ3n) is 4.61. The van der Waals surface area contributed by atoms with E-state index in [9.17, 15) is 9.59 Å². The minimum Gasteiger partial charge on any atom is -0.494 e. The number of carbonyl (C=O) groups is 2. The molecular formula is C23H19NO3. The molecule has 0 atom stereocenters. The van der Waals surface area contributed by atoms with E-state index in [0.29, 0.717) is 36.3 Å². The van der Waals surface area contributed by atoms with Gasteiger partial charge in [-0.1, -0.05) is 48.5 Å². The normalized spacial score (nSPS) is 11.6. The van der Waals surface area contributed by atoms with Gasteiger partial charge in [-0.25, -0.2) is 0 Å². The summed E-state index contributed by atoms with van der Waals surface area (Å²) in [6, 6.07) is 22.4. The fourth-order valence-corrected chi connectivity index (χ4v) is 3.25. The van der Waals surface area contributed by atoms with Crippen LogP contribution in [0, 0.1) is 0 Å². The Kier molecular flexibility index (Phi) is 4.71. The lowest BCUT2D eigenvalue weighted by Gasteiger charge is -2.08. The van der Waals surface area contributed by atoms with Crippen LogP contribution in [0.15, 0.2) is 72.8 Å². The van der Waals surface area contributed by atoms with E-state index in [1.54, 1.807) is 12.1 Å². The van der Waals surface area contributed by atoms with E-state index in [0.717, 1.165) is 16.9 Å². The Morgan fingerprint density at radius 3 is 2.33 bits per heavy atom. The summed E-state index contributed by atoms with van der Waals surface area (Å²) in [4.78, 5) is 24.9. The summed E-state index contributed by atoms with van der Waals surface area (Å²) in [6.07, 6.45) is 0.704. The largest absolute Gasteiger partial charge is 0.494 e. The molecule has 0 bridgehead atoms. The molecule has 0 saturated carbocycles. The molecule has 1 amide bonds. The maximum absolute atomic E-state index is 12.5. The maximum atomic E-state index is 12.5. The van der Waals surface area contributed by atoms with E-state index in [4.69, 9.17) is 4.74 Å². The molecule has 3 aromatic rings. The van der Waals surface area contributed by atoms with Crippen molar-refractivity contribution in [3.05, 3.63) is 89.5 Å². The lowest BCUT2D eigenvalue weighted by molar-refractivity contribution is 0.0951. The van der Waals surface area contributed by atoms with Gasteiger partial charge >= 0.3 is 0 Å². The van der Waals surface area contributed by atoms with Crippen LogP contribution in [0.2, 0.25) is 0 Å². The number of ether oxygens (including phenoxy) is 1. The maximum Gasteiger partial charge on any atom is 0.251 e. The van der Waals surface area contributed by atoms with Gasteiger partial charge in [-0.2, -0.15) is 0 Å². The van der Waals surface area contributed by atoms with Gasteiger partial charge in [-0.3, -0.25) is 9.59 Å². The van der Waals surface area contributed by atoms with Crippen molar-refractivity contribution >= 4 is 11.7 Å². The Morgan fingerprint density at radius 2 is 1.52 bits per heavy atom. The van der Waals surface area contributed by atoms with E-state index in [1.807, 2.05) is 60.7 Å². The highest BCUT2D eigenvalue weighted by molar-refractivity contribution is 6.22. The number of ketones is 1. The zero-order valence-electron chi connectivity index (χ0n) is 14.8. The van der Waals surface area contributed by atoms with Gasteiger partial charge in [0.05, 0.1) is 6.61 Å². The number of para-hydroxylation sites is 1. The molecule has 3 aromatic carbocycles. The van der Waals surface area contributed by atoms with Crippen molar-refractivity contribution in [2.45, 2.75) is 6.42 Å². The van der Waals surface area contributed by atoms with Crippen LogP contribution >= 0.6 is 0 Å². The van der Waals surface area contributed by atoms with Gasteiger partial charge in [-0.15, -0.1) is 0 Å². The lowest BCUT2D eigenvalue weighted by Crippen LogP contribution is -2.25. The summed E-state index contributed by atoms with van der Waals surface area (Å²) in [5.41, 5.74) is 3.61. The number of carbonyl (C=O) groups excluding carboxylic acids is 2. The Hall–Kier alpha value is -3.40. The van der Waals surface area contributed by atoms with Crippen LogP contribution in [0.4, 0.5) is 0 Å². The van der Waals surface area contributed by atoms with E-state index < -0.39 is 0 Å². The Bertz CT molecular complexity index is 996. The molecular weight excluding hydrogens is 338 g/mol. The quantitative estimate of drug-likeness (QED) is 0.529. The standard InChI is InChI=1S/C23H19NO3/c25-22-20-10-5-4-9-18(20)19-12-11-16(15-21(19)22)23(26)24-13-6-14-27-17-7-2-1-3-8-17/h1-5,7-12,15H,6,13-14H2,(H,24,26). The molecule has 0 unspecified atom stereocenters. The molecule has 0 aromatic heterocycles. The Morgan fingerprint density at radius 1 is 0.815 bits per heavy atom. The van der Waals surface area contributed by atoms with Gasteiger partial charge in [-0.05, 0) is 41.8 Å². The fraction of sp³-hybridized carbons (Fsp3) is 0.130. The van der Waals surface area contributed by atoms with Gasteiger partial charge in [0.1, 0.15) is 5.75 Å². The second-order valence-corrected chi connectivity index (χ2v) is 6.41. The van der Waals surface area contributed by atoms with E-state index >= 15 is 0 Å². The number of nitrogens with one attached hydrogen (secondary N) is 1. The van der Waals surface area contributed by atoms with Crippen LogP contribution in [0.1, 0.15) is 32.7 Å². The highest BCUT2D eigenvalue weighted by atomic mass is 16.5. The smallest absolute Gasteiger partial charge is 0.251 e. The Labute approximate surface area is 157 Å². The van der Waals surface area contributed by atoms with E-state index in [2.05, 4.69) is 5.32 Å². The third-order valence-corrected chi connectivity index (χ3v) is 4.61. The van der Waals surface area contributed by atoms with Crippen molar-refractivity contribution in [2.75, 3.05) is 13.2 Å². The number of benzene rings is 3. The molecule has 4 heteroatoms. The molecule has 134 valence electrons. The topological polar surface area (TPSA) is 55.4 Å². The summed E-state index contributed by atoms with van der Waals surface area (Å²) in [6.45, 7) is 1.04. The van der Waals surface area contributed by atoms with Crippen molar-refractivity contribution in [2.24, 2.45) is 0 Å². The van der Waals surface area contributed by atoms with Crippen LogP contribution in [-0.2, 0) is 0 Å². The summed E-state index contributed by atoms with van der Waals surface area (Å²) >= 11 is 0. The molecule has 27 heavy (non-hydrogen) atoms. The third kappa shape index (κ3) is 3.47. The monoisotopic (exact) mass is 357 g/mol. The lowest BCUT2D eigenvalue weighted by atomic mass is 10.0. The molecule has 0 spiro atoms. The van der Waals surface area contributed by atoms with Crippen LogP contribution in [0.3, 0.4) is 0 Å². The van der Waals surface area contributed by atoms with Crippen molar-refractivity contribution < 1.29 is 14.3 Å². The molecule has 0 heterocycles. The first-order valence-electron chi connectivity index (χ1n) is 8.98. The zero-order valence-corrected chi connectivity index (χ0v) is 14.8. The first-order valence-corrected chi connectivity index (χ1v) is 8.98. The van der Waals surface area contributed by atoms with Gasteiger partial charge in [0.2, 0.25) is 0 Å². The molecule has 0 aliphatic heterocycles. The highest BCUT2D eigenvalue weighted by Crippen LogP contribution is 2.36. The average molecular weight is 357 g/mol. The molecule has 1 aliphatic carbocycles. The molecule has 1 N–H and O–H groups in total. The molecule has 4 rings (SSSR count). The summed E-state index contributed by atoms with van der Waals surface area (Å²) in [7, 11) is 0. The molecule has 0 radical (unpaired) electrons. The molecule has 1 aliphatic rings. The molecule has 4 nitrogen and oxygen atoms in total. The predicted molar refractivity (Wildman–Crippen MR) is 104 cm³/mol. The van der Waals surface area contributed by atoms with Crippen LogP contribution in [0.5, 0.6) is 5.75 Å². The van der Waals surface area contributed by atoms with E-state index in [-0.39, 0.29) is 11.7 Å². The second kappa shape index (κ2) is 7.46. The summed E-state index contributed by atoms with van der Waals surface area (Å²) < 4.78 is 5.61. The first-order chi connectivity index (χ1) is 13.2. The van der Waals surface area contributed by atoms with E-state index in [1.165, 1.54) is 0 Å². The number of fused-ring (bicyclic) bond motifs is 3. The number of rotatable bonds is 6. The van der Waals surface area contributed by atoms with Crippen molar-refractivity contribution in [3.8, 4) is 16.9 Å².